The van der Waals surface area contributed by atoms with Gasteiger partial charge >= 0.3 is 0 Å². The van der Waals surface area contributed by atoms with Crippen LogP contribution in [0, 0.1) is 0 Å². The molecule has 0 fully saturated rings. The van der Waals surface area contributed by atoms with Crippen LogP contribution in [0.25, 0.3) is 0 Å². The zero-order valence-electron chi connectivity index (χ0n) is 36.7. The molecule has 1 aromatic heterocycles. The Kier molecular flexibility index (Phi) is 37.8. The third-order valence-electron chi connectivity index (χ3n) is 12.3. The molecule has 0 aliphatic heterocycles. The summed E-state index contributed by atoms with van der Waals surface area (Å²) in [7, 11) is 0. The van der Waals surface area contributed by atoms with Crippen molar-refractivity contribution in [3.63, 3.8) is 0 Å². The molecule has 52 heavy (non-hydrogen) atoms. The van der Waals surface area contributed by atoms with Crippen molar-refractivity contribution in [2.45, 2.75) is 303 Å². The SMILES string of the molecule is CCCCCCCCCCCCCCCCCC(C)n1ccnc1C(CCCCCCCCCCC)CCCCCCCCCCCCCCCC. The second kappa shape index (κ2) is 39.9. The van der Waals surface area contributed by atoms with E-state index in [2.05, 4.69) is 44.7 Å². The number of imidazole rings is 1. The van der Waals surface area contributed by atoms with Gasteiger partial charge in [0.2, 0.25) is 0 Å². The number of aromatic nitrogens is 2. The van der Waals surface area contributed by atoms with Gasteiger partial charge in [-0.25, -0.2) is 4.98 Å². The van der Waals surface area contributed by atoms with E-state index in [0.717, 1.165) is 0 Å². The molecule has 1 aromatic rings. The lowest BCUT2D eigenvalue weighted by atomic mass is 9.92. The molecule has 2 nitrogen and oxygen atoms in total. The Morgan fingerprint density at radius 2 is 0.615 bits per heavy atom. The molecular formula is C50H98N2. The third-order valence-corrected chi connectivity index (χ3v) is 12.3. The summed E-state index contributed by atoms with van der Waals surface area (Å²) >= 11 is 0. The number of nitrogens with zero attached hydrogens (tertiary/aromatic N) is 2. The first kappa shape index (κ1) is 49.2. The van der Waals surface area contributed by atoms with Crippen LogP contribution in [0.1, 0.15) is 309 Å². The van der Waals surface area contributed by atoms with E-state index in [-0.39, 0.29) is 0 Å². The quantitative estimate of drug-likeness (QED) is 0.0613. The summed E-state index contributed by atoms with van der Waals surface area (Å²) in [6, 6.07) is 0.585. The Morgan fingerprint density at radius 1 is 0.365 bits per heavy atom. The molecule has 0 bridgehead atoms. The van der Waals surface area contributed by atoms with E-state index in [0.29, 0.717) is 12.0 Å². The predicted octanol–water partition coefficient (Wildman–Crippen LogP) is 18.6. The summed E-state index contributed by atoms with van der Waals surface area (Å²) in [6.07, 6.45) is 63.1. The number of hydrogen-bond acceptors (Lipinski definition) is 1. The van der Waals surface area contributed by atoms with Gasteiger partial charge in [0.25, 0.3) is 0 Å². The van der Waals surface area contributed by atoms with E-state index in [9.17, 15) is 0 Å². The molecular weight excluding hydrogens is 629 g/mol. The molecule has 0 aliphatic carbocycles. The largest absolute Gasteiger partial charge is 0.332 e. The van der Waals surface area contributed by atoms with Gasteiger partial charge in [0.05, 0.1) is 0 Å². The van der Waals surface area contributed by atoms with E-state index < -0.39 is 0 Å². The summed E-state index contributed by atoms with van der Waals surface area (Å²) in [5.41, 5.74) is 0. The molecule has 0 saturated carbocycles. The maximum atomic E-state index is 5.06. The molecule has 2 heteroatoms. The summed E-state index contributed by atoms with van der Waals surface area (Å²) < 4.78 is 2.60. The van der Waals surface area contributed by atoms with Crippen LogP contribution in [0.5, 0.6) is 0 Å². The zero-order chi connectivity index (χ0) is 37.4. The molecule has 308 valence electrons. The molecule has 0 spiro atoms. The second-order valence-electron chi connectivity index (χ2n) is 17.5. The van der Waals surface area contributed by atoms with Crippen molar-refractivity contribution in [2.75, 3.05) is 0 Å². The molecule has 1 rings (SSSR count). The summed E-state index contributed by atoms with van der Waals surface area (Å²) in [5, 5.41) is 0. The second-order valence-corrected chi connectivity index (χ2v) is 17.5. The first-order valence-electron chi connectivity index (χ1n) is 24.8. The highest BCUT2D eigenvalue weighted by Crippen LogP contribution is 2.31. The van der Waals surface area contributed by atoms with Gasteiger partial charge in [0.15, 0.2) is 0 Å². The molecule has 0 N–H and O–H groups in total. The van der Waals surface area contributed by atoms with Gasteiger partial charge in [-0.3, -0.25) is 0 Å². The summed E-state index contributed by atoms with van der Waals surface area (Å²) in [5.74, 6) is 2.07. The van der Waals surface area contributed by atoms with E-state index in [4.69, 9.17) is 4.98 Å². The monoisotopic (exact) mass is 727 g/mol. The van der Waals surface area contributed by atoms with Crippen LogP contribution in [-0.4, -0.2) is 9.55 Å². The highest BCUT2D eigenvalue weighted by atomic mass is 15.1. The average Bonchev–Trinajstić information content (AvgIpc) is 3.65. The van der Waals surface area contributed by atoms with Gasteiger partial charge in [-0.1, -0.05) is 265 Å². The lowest BCUT2D eigenvalue weighted by molar-refractivity contribution is 0.412. The Hall–Kier alpha value is -0.790. The van der Waals surface area contributed by atoms with Crippen LogP contribution in [0.2, 0.25) is 0 Å². The minimum absolute atomic E-state index is 0.585. The molecule has 0 amide bonds. The van der Waals surface area contributed by atoms with Crippen LogP contribution in [0.15, 0.2) is 12.4 Å². The molecule has 0 radical (unpaired) electrons. The Balaban J connectivity index is 2.32. The molecule has 2 unspecified atom stereocenters. The van der Waals surface area contributed by atoms with Crippen molar-refractivity contribution in [3.8, 4) is 0 Å². The first-order valence-corrected chi connectivity index (χ1v) is 24.8. The van der Waals surface area contributed by atoms with Crippen LogP contribution in [-0.2, 0) is 0 Å². The van der Waals surface area contributed by atoms with Gasteiger partial charge in [-0.2, -0.15) is 0 Å². The first-order chi connectivity index (χ1) is 25.7. The van der Waals surface area contributed by atoms with Crippen molar-refractivity contribution >= 4 is 0 Å². The molecule has 2 atom stereocenters. The fraction of sp³-hybridized carbons (Fsp3) is 0.940. The Morgan fingerprint density at radius 3 is 0.904 bits per heavy atom. The lowest BCUT2D eigenvalue weighted by Gasteiger charge is -2.22. The summed E-state index contributed by atoms with van der Waals surface area (Å²) in [4.78, 5) is 5.06. The summed E-state index contributed by atoms with van der Waals surface area (Å²) in [6.45, 7) is 9.42. The van der Waals surface area contributed by atoms with Crippen molar-refractivity contribution in [1.82, 2.24) is 9.55 Å². The van der Waals surface area contributed by atoms with Gasteiger partial charge < -0.3 is 4.57 Å². The molecule has 0 aliphatic rings. The Labute approximate surface area is 329 Å². The molecule has 0 saturated heterocycles. The van der Waals surface area contributed by atoms with Crippen LogP contribution in [0.3, 0.4) is 0 Å². The predicted molar refractivity (Wildman–Crippen MR) is 236 cm³/mol. The minimum Gasteiger partial charge on any atom is -0.332 e. The highest BCUT2D eigenvalue weighted by Gasteiger charge is 2.19. The van der Waals surface area contributed by atoms with Crippen molar-refractivity contribution in [2.24, 2.45) is 0 Å². The number of hydrogen-bond donors (Lipinski definition) is 0. The van der Waals surface area contributed by atoms with Crippen LogP contribution < -0.4 is 0 Å². The van der Waals surface area contributed by atoms with Crippen molar-refractivity contribution < 1.29 is 0 Å². The topological polar surface area (TPSA) is 17.8 Å². The lowest BCUT2D eigenvalue weighted by Crippen LogP contribution is -2.13. The normalized spacial score (nSPS) is 12.9. The van der Waals surface area contributed by atoms with Gasteiger partial charge in [-0.15, -0.1) is 0 Å². The maximum Gasteiger partial charge on any atom is 0.111 e. The fourth-order valence-electron chi connectivity index (χ4n) is 8.65. The van der Waals surface area contributed by atoms with E-state index in [1.165, 1.54) is 269 Å². The minimum atomic E-state index is 0.585. The smallest absolute Gasteiger partial charge is 0.111 e. The molecule has 0 aromatic carbocycles. The van der Waals surface area contributed by atoms with Crippen molar-refractivity contribution in [1.29, 1.82) is 0 Å². The van der Waals surface area contributed by atoms with E-state index in [1.807, 2.05) is 0 Å². The van der Waals surface area contributed by atoms with E-state index >= 15 is 0 Å². The van der Waals surface area contributed by atoms with Gasteiger partial charge in [0.1, 0.15) is 5.82 Å². The van der Waals surface area contributed by atoms with E-state index in [1.54, 1.807) is 0 Å². The van der Waals surface area contributed by atoms with Crippen LogP contribution >= 0.6 is 0 Å². The van der Waals surface area contributed by atoms with Crippen molar-refractivity contribution in [3.05, 3.63) is 18.2 Å². The van der Waals surface area contributed by atoms with Crippen LogP contribution in [0.4, 0.5) is 0 Å². The van der Waals surface area contributed by atoms with Gasteiger partial charge in [0, 0.05) is 24.4 Å². The third kappa shape index (κ3) is 30.5. The maximum absolute atomic E-state index is 5.06. The highest BCUT2D eigenvalue weighted by molar-refractivity contribution is 5.02. The number of unbranched alkanes of at least 4 members (excludes halogenated alkanes) is 35. The molecule has 1 heterocycles. The standard InChI is InChI=1S/C50H98N2/c1-5-8-11-14-17-20-22-24-26-27-29-32-34-37-40-43-48(4)52-47-46-51-50(52)49(44-41-38-35-31-19-16-13-10-7-3)45-42-39-36-33-30-28-25-23-21-18-15-12-9-6-2/h46-49H,5-45H2,1-4H3. The zero-order valence-corrected chi connectivity index (χ0v) is 36.7. The fourth-order valence-corrected chi connectivity index (χ4v) is 8.65. The number of rotatable bonds is 43. The Bertz CT molecular complexity index is 798. The average molecular weight is 727 g/mol. The van der Waals surface area contributed by atoms with Gasteiger partial charge in [-0.05, 0) is 26.2 Å².